The highest BCUT2D eigenvalue weighted by Gasteiger charge is 2.31. The minimum atomic E-state index is -2.99. The van der Waals surface area contributed by atoms with Crippen LogP contribution in [0.4, 0.5) is 13.6 Å². The van der Waals surface area contributed by atoms with E-state index in [4.69, 9.17) is 4.74 Å². The molecule has 1 fully saturated rings. The van der Waals surface area contributed by atoms with Crippen LogP contribution in [0.2, 0.25) is 0 Å². The number of alkyl halides is 2. The molecule has 2 N–H and O–H groups in total. The number of likely N-dealkylation sites (tertiary alicyclic amines) is 1. The van der Waals surface area contributed by atoms with E-state index in [1.54, 1.807) is 20.8 Å². The summed E-state index contributed by atoms with van der Waals surface area (Å²) in [7, 11) is 2.04. The maximum atomic E-state index is 13.8. The number of ether oxygens (including phenoxy) is 1. The Morgan fingerprint density at radius 3 is 2.55 bits per heavy atom. The van der Waals surface area contributed by atoms with Gasteiger partial charge in [-0.15, -0.1) is 0 Å². The Kier molecular flexibility index (Phi) is 6.99. The number of nitrogens with one attached hydrogen (secondary N) is 2. The van der Waals surface area contributed by atoms with Crippen LogP contribution in [-0.2, 0) is 4.74 Å². The van der Waals surface area contributed by atoms with Crippen molar-refractivity contribution in [3.05, 3.63) is 0 Å². The Balaban J connectivity index is 2.29. The Labute approximate surface area is 131 Å². The fraction of sp³-hybridized carbons (Fsp3) is 0.933. The van der Waals surface area contributed by atoms with Crippen LogP contribution >= 0.6 is 0 Å². The normalized spacial score (nSPS) is 21.3. The molecule has 0 radical (unpaired) electrons. The van der Waals surface area contributed by atoms with Crippen molar-refractivity contribution in [2.75, 3.05) is 33.2 Å². The molecule has 130 valence electrons. The SMILES string of the molecule is CN1CCCC(NCC(F)(F)CNC(=O)OC(C)(C)C)CC1. The summed E-state index contributed by atoms with van der Waals surface area (Å²) < 4.78 is 32.6. The lowest BCUT2D eigenvalue weighted by molar-refractivity contribution is -0.00586. The molecule has 7 heteroatoms. The van der Waals surface area contributed by atoms with Gasteiger partial charge in [0.25, 0.3) is 5.92 Å². The van der Waals surface area contributed by atoms with E-state index in [0.717, 1.165) is 32.4 Å². The largest absolute Gasteiger partial charge is 0.444 e. The molecule has 1 saturated heterocycles. The molecule has 0 aromatic rings. The molecule has 1 rings (SSSR count). The molecule has 0 bridgehead atoms. The third-order valence-corrected chi connectivity index (χ3v) is 3.49. The number of alkyl carbamates (subject to hydrolysis) is 1. The third-order valence-electron chi connectivity index (χ3n) is 3.49. The lowest BCUT2D eigenvalue weighted by Crippen LogP contribution is -2.47. The smallest absolute Gasteiger partial charge is 0.407 e. The average Bonchev–Trinajstić information content (AvgIpc) is 2.57. The van der Waals surface area contributed by atoms with E-state index in [1.807, 2.05) is 7.05 Å². The van der Waals surface area contributed by atoms with Gasteiger partial charge in [0.15, 0.2) is 0 Å². The quantitative estimate of drug-likeness (QED) is 0.815. The predicted octanol–water partition coefficient (Wildman–Crippen LogP) is 2.22. The summed E-state index contributed by atoms with van der Waals surface area (Å²) in [6.07, 6.45) is 1.96. The van der Waals surface area contributed by atoms with E-state index >= 15 is 0 Å². The zero-order valence-electron chi connectivity index (χ0n) is 14.0. The molecule has 1 aliphatic heterocycles. The van der Waals surface area contributed by atoms with Gasteiger partial charge in [-0.05, 0) is 60.2 Å². The van der Waals surface area contributed by atoms with Crippen molar-refractivity contribution in [1.82, 2.24) is 15.5 Å². The number of hydrogen-bond donors (Lipinski definition) is 2. The number of halogens is 2. The molecule has 22 heavy (non-hydrogen) atoms. The van der Waals surface area contributed by atoms with Crippen LogP contribution in [0.1, 0.15) is 40.0 Å². The van der Waals surface area contributed by atoms with Crippen molar-refractivity contribution in [3.8, 4) is 0 Å². The average molecular weight is 321 g/mol. The minimum absolute atomic E-state index is 0.109. The second kappa shape index (κ2) is 8.06. The highest BCUT2D eigenvalue weighted by Crippen LogP contribution is 2.15. The van der Waals surface area contributed by atoms with Crippen LogP contribution in [0.15, 0.2) is 0 Å². The van der Waals surface area contributed by atoms with Crippen molar-refractivity contribution < 1.29 is 18.3 Å². The van der Waals surface area contributed by atoms with Gasteiger partial charge in [0.1, 0.15) is 5.60 Å². The second-order valence-electron chi connectivity index (χ2n) is 7.02. The van der Waals surface area contributed by atoms with Crippen LogP contribution in [0, 0.1) is 0 Å². The van der Waals surface area contributed by atoms with Crippen LogP contribution in [-0.4, -0.2) is 61.8 Å². The summed E-state index contributed by atoms with van der Waals surface area (Å²) in [4.78, 5) is 13.6. The van der Waals surface area contributed by atoms with Crippen LogP contribution in [0.5, 0.6) is 0 Å². The van der Waals surface area contributed by atoms with Gasteiger partial charge in [0.2, 0.25) is 0 Å². The Morgan fingerprint density at radius 2 is 1.91 bits per heavy atom. The molecule has 1 atom stereocenters. The fourth-order valence-electron chi connectivity index (χ4n) is 2.32. The van der Waals surface area contributed by atoms with Gasteiger partial charge in [0, 0.05) is 6.04 Å². The first kappa shape index (κ1) is 19.1. The van der Waals surface area contributed by atoms with E-state index < -0.39 is 30.7 Å². The Morgan fingerprint density at radius 1 is 1.23 bits per heavy atom. The number of carbonyl (C=O) groups is 1. The maximum Gasteiger partial charge on any atom is 0.407 e. The Bertz CT molecular complexity index is 359. The van der Waals surface area contributed by atoms with Crippen molar-refractivity contribution in [1.29, 1.82) is 0 Å². The molecule has 1 unspecified atom stereocenters. The molecule has 5 nitrogen and oxygen atoms in total. The zero-order chi connectivity index (χ0) is 16.8. The summed E-state index contributed by atoms with van der Waals surface area (Å²) in [6, 6.07) is 0.109. The predicted molar refractivity (Wildman–Crippen MR) is 82.3 cm³/mol. The van der Waals surface area contributed by atoms with E-state index in [2.05, 4.69) is 15.5 Å². The maximum absolute atomic E-state index is 13.8. The summed E-state index contributed by atoms with van der Waals surface area (Å²) in [6.45, 7) is 5.84. The van der Waals surface area contributed by atoms with E-state index in [9.17, 15) is 13.6 Å². The third kappa shape index (κ3) is 8.48. The molecule has 1 amide bonds. The van der Waals surface area contributed by atoms with Gasteiger partial charge in [-0.1, -0.05) is 0 Å². The van der Waals surface area contributed by atoms with Gasteiger partial charge >= 0.3 is 6.09 Å². The molecular formula is C15H29F2N3O2. The van der Waals surface area contributed by atoms with E-state index in [0.29, 0.717) is 0 Å². The molecule has 0 aromatic carbocycles. The first-order valence-electron chi connectivity index (χ1n) is 7.84. The first-order valence-corrected chi connectivity index (χ1v) is 7.84. The van der Waals surface area contributed by atoms with E-state index in [-0.39, 0.29) is 6.04 Å². The Hall–Kier alpha value is -0.950. The monoisotopic (exact) mass is 321 g/mol. The minimum Gasteiger partial charge on any atom is -0.444 e. The highest BCUT2D eigenvalue weighted by molar-refractivity contribution is 5.67. The molecule has 0 spiro atoms. The molecule has 0 aromatic heterocycles. The number of amides is 1. The van der Waals surface area contributed by atoms with E-state index in [1.165, 1.54) is 0 Å². The number of nitrogens with zero attached hydrogens (tertiary/aromatic N) is 1. The fourth-order valence-corrected chi connectivity index (χ4v) is 2.32. The second-order valence-corrected chi connectivity index (χ2v) is 7.02. The summed E-state index contributed by atoms with van der Waals surface area (Å²) in [5, 5.41) is 5.05. The van der Waals surface area contributed by atoms with Gasteiger partial charge in [0.05, 0.1) is 13.1 Å². The summed E-state index contributed by atoms with van der Waals surface area (Å²) >= 11 is 0. The zero-order valence-corrected chi connectivity index (χ0v) is 14.0. The van der Waals surface area contributed by atoms with Crippen molar-refractivity contribution in [2.45, 2.75) is 57.6 Å². The lowest BCUT2D eigenvalue weighted by Gasteiger charge is -2.24. The molecule has 1 aliphatic rings. The number of rotatable bonds is 5. The number of carbonyl (C=O) groups excluding carboxylic acids is 1. The van der Waals surface area contributed by atoms with Gasteiger partial charge in [-0.25, -0.2) is 13.6 Å². The van der Waals surface area contributed by atoms with Gasteiger partial charge < -0.3 is 20.3 Å². The van der Waals surface area contributed by atoms with Gasteiger partial charge in [-0.3, -0.25) is 0 Å². The van der Waals surface area contributed by atoms with Crippen molar-refractivity contribution in [3.63, 3.8) is 0 Å². The summed E-state index contributed by atoms with van der Waals surface area (Å²) in [5.41, 5.74) is -0.690. The first-order chi connectivity index (χ1) is 10.1. The van der Waals surface area contributed by atoms with Crippen LogP contribution in [0.3, 0.4) is 0 Å². The van der Waals surface area contributed by atoms with Crippen LogP contribution in [0.25, 0.3) is 0 Å². The summed E-state index contributed by atoms with van der Waals surface area (Å²) in [5.74, 6) is -2.99. The standard InChI is InChI=1S/C15H29F2N3O2/c1-14(2,3)22-13(21)19-11-15(16,17)10-18-12-6-5-8-20(4)9-7-12/h12,18H,5-11H2,1-4H3,(H,19,21). The number of hydrogen-bond acceptors (Lipinski definition) is 4. The molecule has 0 saturated carbocycles. The van der Waals surface area contributed by atoms with Crippen molar-refractivity contribution in [2.24, 2.45) is 0 Å². The molecule has 1 heterocycles. The molecular weight excluding hydrogens is 292 g/mol. The van der Waals surface area contributed by atoms with Crippen molar-refractivity contribution >= 4 is 6.09 Å². The highest BCUT2D eigenvalue weighted by atomic mass is 19.3. The van der Waals surface area contributed by atoms with Gasteiger partial charge in [-0.2, -0.15) is 0 Å². The molecule has 0 aliphatic carbocycles. The van der Waals surface area contributed by atoms with Crippen LogP contribution < -0.4 is 10.6 Å². The lowest BCUT2D eigenvalue weighted by atomic mass is 10.1. The topological polar surface area (TPSA) is 53.6 Å².